The summed E-state index contributed by atoms with van der Waals surface area (Å²) in [6, 6.07) is 4.63. The van der Waals surface area contributed by atoms with Crippen LogP contribution >= 0.6 is 11.6 Å². The molecule has 0 aromatic heterocycles. The Hall–Kier alpha value is -0.640. The molecule has 4 heteroatoms. The van der Waals surface area contributed by atoms with Crippen molar-refractivity contribution in [1.29, 1.82) is 0 Å². The predicted octanol–water partition coefficient (Wildman–Crippen LogP) is 2.48. The molecular weight excluding hydrogens is 241 g/mol. The predicted molar refractivity (Wildman–Crippen MR) is 66.8 cm³/mol. The summed E-state index contributed by atoms with van der Waals surface area (Å²) in [6.07, 6.45) is 1.74. The number of rotatable bonds is 2. The summed E-state index contributed by atoms with van der Waals surface area (Å²) in [4.78, 5) is 2.17. The maximum atomic E-state index is 13.6. The highest BCUT2D eigenvalue weighted by molar-refractivity contribution is 6.30. The Labute approximate surface area is 106 Å². The van der Waals surface area contributed by atoms with Crippen LogP contribution in [0.3, 0.4) is 0 Å². The molecule has 0 spiro atoms. The van der Waals surface area contributed by atoms with E-state index in [1.807, 2.05) is 7.05 Å². The second-order valence-electron chi connectivity index (χ2n) is 4.94. The van der Waals surface area contributed by atoms with E-state index in [1.165, 1.54) is 6.07 Å². The summed E-state index contributed by atoms with van der Waals surface area (Å²) < 4.78 is 13.6. The van der Waals surface area contributed by atoms with E-state index in [0.717, 1.165) is 13.1 Å². The van der Waals surface area contributed by atoms with Gasteiger partial charge in [0.25, 0.3) is 0 Å². The highest BCUT2D eigenvalue weighted by Gasteiger charge is 2.31. The van der Waals surface area contributed by atoms with E-state index in [4.69, 9.17) is 11.6 Å². The Balaban J connectivity index is 2.09. The van der Waals surface area contributed by atoms with Crippen LogP contribution < -0.4 is 0 Å². The van der Waals surface area contributed by atoms with Gasteiger partial charge in [-0.1, -0.05) is 17.7 Å². The van der Waals surface area contributed by atoms with E-state index in [1.54, 1.807) is 12.1 Å². The minimum atomic E-state index is -0.777. The molecule has 1 N–H and O–H groups in total. The molecule has 17 heavy (non-hydrogen) atoms. The molecule has 0 aliphatic carbocycles. The van der Waals surface area contributed by atoms with Crippen LogP contribution in [-0.2, 0) is 6.42 Å². The Morgan fingerprint density at radius 3 is 2.65 bits per heavy atom. The van der Waals surface area contributed by atoms with Gasteiger partial charge >= 0.3 is 0 Å². The van der Waals surface area contributed by atoms with Crippen LogP contribution in [0.5, 0.6) is 0 Å². The zero-order valence-corrected chi connectivity index (χ0v) is 10.7. The van der Waals surface area contributed by atoms with Crippen molar-refractivity contribution >= 4 is 11.6 Å². The lowest BCUT2D eigenvalue weighted by atomic mass is 9.85. The number of aliphatic hydroxyl groups is 1. The lowest BCUT2D eigenvalue weighted by molar-refractivity contribution is -0.0156. The molecule has 1 heterocycles. The fourth-order valence-corrected chi connectivity index (χ4v) is 2.39. The van der Waals surface area contributed by atoms with Gasteiger partial charge in [0.2, 0.25) is 0 Å². The first kappa shape index (κ1) is 12.8. The van der Waals surface area contributed by atoms with Crippen molar-refractivity contribution in [2.45, 2.75) is 24.9 Å². The molecule has 1 aromatic carbocycles. The number of hydrogen-bond acceptors (Lipinski definition) is 2. The van der Waals surface area contributed by atoms with Crippen LogP contribution in [0.2, 0.25) is 5.02 Å². The van der Waals surface area contributed by atoms with Crippen molar-refractivity contribution in [1.82, 2.24) is 4.90 Å². The van der Waals surface area contributed by atoms with Crippen LogP contribution in [0, 0.1) is 5.82 Å². The largest absolute Gasteiger partial charge is 0.389 e. The molecule has 1 aromatic rings. The normalized spacial score (nSPS) is 20.5. The Morgan fingerprint density at radius 1 is 1.41 bits per heavy atom. The maximum absolute atomic E-state index is 13.6. The third-order valence-electron chi connectivity index (χ3n) is 3.45. The minimum absolute atomic E-state index is 0.329. The summed E-state index contributed by atoms with van der Waals surface area (Å²) in [5.74, 6) is -0.329. The van der Waals surface area contributed by atoms with Crippen molar-refractivity contribution in [2.24, 2.45) is 0 Å². The van der Waals surface area contributed by atoms with Crippen LogP contribution in [0.1, 0.15) is 18.4 Å². The van der Waals surface area contributed by atoms with Gasteiger partial charge < -0.3 is 10.0 Å². The molecule has 0 saturated carbocycles. The number of likely N-dealkylation sites (tertiary alicyclic amines) is 1. The van der Waals surface area contributed by atoms with E-state index in [-0.39, 0.29) is 5.82 Å². The standard InChI is InChI=1S/C13H17ClFNO/c1-16-6-4-13(17,5-7-16)9-10-2-3-11(14)8-12(10)15/h2-3,8,17H,4-7,9H2,1H3. The summed E-state index contributed by atoms with van der Waals surface area (Å²) in [7, 11) is 2.03. The number of halogens is 2. The van der Waals surface area contributed by atoms with Gasteiger partial charge in [0.05, 0.1) is 5.60 Å². The smallest absolute Gasteiger partial charge is 0.127 e. The number of piperidine rings is 1. The van der Waals surface area contributed by atoms with Gasteiger partial charge in [0, 0.05) is 24.5 Å². The van der Waals surface area contributed by atoms with Crippen molar-refractivity contribution in [3.8, 4) is 0 Å². The molecule has 2 nitrogen and oxygen atoms in total. The highest BCUT2D eigenvalue weighted by Crippen LogP contribution is 2.27. The number of nitrogens with zero attached hydrogens (tertiary/aromatic N) is 1. The summed E-state index contributed by atoms with van der Waals surface area (Å²) >= 11 is 5.70. The lowest BCUT2D eigenvalue weighted by Gasteiger charge is -2.36. The van der Waals surface area contributed by atoms with Gasteiger partial charge in [-0.2, -0.15) is 0 Å². The molecule has 1 aliphatic rings. The van der Waals surface area contributed by atoms with Crippen molar-refractivity contribution in [3.05, 3.63) is 34.6 Å². The second kappa shape index (κ2) is 4.92. The van der Waals surface area contributed by atoms with Gasteiger partial charge in [0.15, 0.2) is 0 Å². The van der Waals surface area contributed by atoms with Crippen molar-refractivity contribution in [2.75, 3.05) is 20.1 Å². The zero-order valence-electron chi connectivity index (χ0n) is 9.92. The summed E-state index contributed by atoms with van der Waals surface area (Å²) in [6.45, 7) is 1.71. The lowest BCUT2D eigenvalue weighted by Crippen LogP contribution is -2.44. The Morgan fingerprint density at radius 2 is 2.06 bits per heavy atom. The SMILES string of the molecule is CN1CCC(O)(Cc2ccc(Cl)cc2F)CC1. The first-order chi connectivity index (χ1) is 7.98. The average Bonchev–Trinajstić information content (AvgIpc) is 2.27. The molecule has 1 fully saturated rings. The summed E-state index contributed by atoms with van der Waals surface area (Å²) in [5, 5.41) is 10.8. The van der Waals surface area contributed by atoms with Crippen LogP contribution in [0.25, 0.3) is 0 Å². The van der Waals surface area contributed by atoms with Crippen LogP contribution in [-0.4, -0.2) is 35.7 Å². The van der Waals surface area contributed by atoms with E-state index < -0.39 is 5.60 Å². The van der Waals surface area contributed by atoms with Gasteiger partial charge in [-0.25, -0.2) is 4.39 Å². The highest BCUT2D eigenvalue weighted by atomic mass is 35.5. The minimum Gasteiger partial charge on any atom is -0.389 e. The fraction of sp³-hybridized carbons (Fsp3) is 0.538. The average molecular weight is 258 g/mol. The Kier molecular flexibility index (Phi) is 3.71. The first-order valence-corrected chi connectivity index (χ1v) is 6.21. The monoisotopic (exact) mass is 257 g/mol. The molecule has 0 atom stereocenters. The molecule has 0 unspecified atom stereocenters. The molecule has 0 amide bonds. The zero-order chi connectivity index (χ0) is 12.5. The van der Waals surface area contributed by atoms with Crippen molar-refractivity contribution < 1.29 is 9.50 Å². The van der Waals surface area contributed by atoms with Gasteiger partial charge in [-0.15, -0.1) is 0 Å². The fourth-order valence-electron chi connectivity index (χ4n) is 2.23. The molecule has 2 rings (SSSR count). The molecule has 1 aliphatic heterocycles. The van der Waals surface area contributed by atoms with E-state index in [0.29, 0.717) is 29.8 Å². The van der Waals surface area contributed by atoms with Gasteiger partial charge in [-0.3, -0.25) is 0 Å². The van der Waals surface area contributed by atoms with E-state index in [9.17, 15) is 9.50 Å². The maximum Gasteiger partial charge on any atom is 0.127 e. The molecule has 1 saturated heterocycles. The molecule has 94 valence electrons. The first-order valence-electron chi connectivity index (χ1n) is 5.83. The Bertz CT molecular complexity index is 402. The van der Waals surface area contributed by atoms with E-state index >= 15 is 0 Å². The van der Waals surface area contributed by atoms with Crippen molar-refractivity contribution in [3.63, 3.8) is 0 Å². The third kappa shape index (κ3) is 3.18. The quantitative estimate of drug-likeness (QED) is 0.880. The topological polar surface area (TPSA) is 23.5 Å². The molecule has 0 radical (unpaired) electrons. The molecular formula is C13H17ClFNO. The number of hydrogen-bond donors (Lipinski definition) is 1. The third-order valence-corrected chi connectivity index (χ3v) is 3.69. The summed E-state index contributed by atoms with van der Waals surface area (Å²) in [5.41, 5.74) is -0.234. The van der Waals surface area contributed by atoms with Gasteiger partial charge in [-0.05, 0) is 37.6 Å². The van der Waals surface area contributed by atoms with Crippen LogP contribution in [0.4, 0.5) is 4.39 Å². The molecule has 0 bridgehead atoms. The second-order valence-corrected chi connectivity index (χ2v) is 5.38. The van der Waals surface area contributed by atoms with Crippen LogP contribution in [0.15, 0.2) is 18.2 Å². The number of benzene rings is 1. The van der Waals surface area contributed by atoms with E-state index in [2.05, 4.69) is 4.90 Å². The van der Waals surface area contributed by atoms with Gasteiger partial charge in [0.1, 0.15) is 5.82 Å².